The van der Waals surface area contributed by atoms with Crippen LogP contribution >= 0.6 is 0 Å². The zero-order chi connectivity index (χ0) is 12.7. The Morgan fingerprint density at radius 1 is 1.47 bits per heavy atom. The highest BCUT2D eigenvalue weighted by Gasteiger charge is 2.55. The fraction of sp³-hybridized carbons (Fsp3) is 0.600. The molecule has 0 bridgehead atoms. The summed E-state index contributed by atoms with van der Waals surface area (Å²) in [4.78, 5) is 24.2. The highest BCUT2D eigenvalue weighted by Crippen LogP contribution is 2.40. The molecule has 2 aliphatic heterocycles. The van der Waals surface area contributed by atoms with Gasteiger partial charge in [0.25, 0.3) is 0 Å². The van der Waals surface area contributed by atoms with Gasteiger partial charge in [0.05, 0.1) is 18.8 Å². The highest BCUT2D eigenvalue weighted by molar-refractivity contribution is 5.94. The number of piperidine rings is 1. The maximum absolute atomic E-state index is 11.5. The average Bonchev–Trinajstić information content (AvgIpc) is 3.00. The lowest BCUT2D eigenvalue weighted by Gasteiger charge is -2.16. The fourth-order valence-corrected chi connectivity index (χ4v) is 2.06. The van der Waals surface area contributed by atoms with E-state index in [2.05, 4.69) is 10.1 Å². The molecule has 0 aliphatic carbocycles. The standard InChI is InChI=1S/C10H14N2O5/c1-4(13)11-6(10(16)17-2)7-9(15)8(14)5-3-12(5)7/h5,8-9,14-15H,3H2,1-2H3,(H,11,13)/b7-6+/t5-,8+,9+,12?/m0/s1. The first-order chi connectivity index (χ1) is 7.97. The fourth-order valence-electron chi connectivity index (χ4n) is 2.06. The zero-order valence-electron chi connectivity index (χ0n) is 9.51. The molecule has 0 unspecified atom stereocenters. The summed E-state index contributed by atoms with van der Waals surface area (Å²) in [5.41, 5.74) is 0.121. The SMILES string of the molecule is COC(=O)/C(NC(C)=O)=C1/[C@@H](O)[C@H](O)[C@@H]2CN12. The van der Waals surface area contributed by atoms with Crippen LogP contribution in [0.2, 0.25) is 0 Å². The first kappa shape index (κ1) is 11.9. The molecular formula is C10H14N2O5. The van der Waals surface area contributed by atoms with Gasteiger partial charge in [-0.2, -0.15) is 0 Å². The summed E-state index contributed by atoms with van der Waals surface area (Å²) in [6.07, 6.45) is -2.10. The van der Waals surface area contributed by atoms with Crippen LogP contribution in [0.15, 0.2) is 11.4 Å². The van der Waals surface area contributed by atoms with Crippen molar-refractivity contribution in [2.75, 3.05) is 13.7 Å². The lowest BCUT2D eigenvalue weighted by Crippen LogP contribution is -2.34. The number of aliphatic hydroxyl groups excluding tert-OH is 2. The number of hydrogen-bond donors (Lipinski definition) is 3. The van der Waals surface area contributed by atoms with E-state index in [9.17, 15) is 19.8 Å². The molecule has 0 saturated carbocycles. The Bertz CT molecular complexity index is 406. The normalized spacial score (nSPS) is 32.9. The van der Waals surface area contributed by atoms with Crippen molar-refractivity contribution in [2.24, 2.45) is 0 Å². The number of hydrogen-bond acceptors (Lipinski definition) is 6. The molecule has 0 aromatic carbocycles. The summed E-state index contributed by atoms with van der Waals surface area (Å²) in [7, 11) is 1.18. The third-order valence-corrected chi connectivity index (χ3v) is 2.90. The van der Waals surface area contributed by atoms with E-state index < -0.39 is 24.1 Å². The number of aliphatic hydroxyl groups is 2. The van der Waals surface area contributed by atoms with Crippen molar-refractivity contribution in [1.29, 1.82) is 0 Å². The van der Waals surface area contributed by atoms with E-state index >= 15 is 0 Å². The number of amides is 1. The topological polar surface area (TPSA) is 98.9 Å². The smallest absolute Gasteiger partial charge is 0.356 e. The third kappa shape index (κ3) is 1.87. The number of carbonyl (C=O) groups excluding carboxylic acids is 2. The predicted molar refractivity (Wildman–Crippen MR) is 55.4 cm³/mol. The number of methoxy groups -OCH3 is 1. The Kier molecular flexibility index (Phi) is 2.80. The first-order valence-corrected chi connectivity index (χ1v) is 5.20. The molecule has 7 nitrogen and oxygen atoms in total. The Morgan fingerprint density at radius 3 is 2.53 bits per heavy atom. The minimum Gasteiger partial charge on any atom is -0.464 e. The Morgan fingerprint density at radius 2 is 2.12 bits per heavy atom. The highest BCUT2D eigenvalue weighted by atomic mass is 16.5. The number of carbonyl (C=O) groups is 2. The summed E-state index contributed by atoms with van der Waals surface area (Å²) < 4.78 is 4.55. The minimum absolute atomic E-state index is 0.105. The van der Waals surface area contributed by atoms with E-state index in [0.717, 1.165) is 0 Å². The van der Waals surface area contributed by atoms with E-state index in [1.165, 1.54) is 14.0 Å². The molecule has 0 radical (unpaired) electrons. The van der Waals surface area contributed by atoms with Crippen LogP contribution < -0.4 is 5.32 Å². The Hall–Kier alpha value is -1.60. The summed E-state index contributed by atoms with van der Waals surface area (Å²) in [6, 6.07) is -0.173. The molecule has 94 valence electrons. The maximum atomic E-state index is 11.5. The van der Waals surface area contributed by atoms with E-state index in [4.69, 9.17) is 0 Å². The molecule has 7 heteroatoms. The number of nitrogens with one attached hydrogen (secondary N) is 1. The van der Waals surface area contributed by atoms with Gasteiger partial charge in [-0.3, -0.25) is 4.79 Å². The molecule has 0 aromatic rings. The van der Waals surface area contributed by atoms with Crippen LogP contribution in [0, 0.1) is 0 Å². The molecule has 2 fully saturated rings. The summed E-state index contributed by atoms with van der Waals surface area (Å²) in [6.45, 7) is 1.81. The van der Waals surface area contributed by atoms with E-state index in [1.54, 1.807) is 4.90 Å². The third-order valence-electron chi connectivity index (χ3n) is 2.90. The summed E-state index contributed by atoms with van der Waals surface area (Å²) >= 11 is 0. The molecule has 2 heterocycles. The van der Waals surface area contributed by atoms with Gasteiger partial charge in [-0.1, -0.05) is 0 Å². The molecule has 1 amide bonds. The van der Waals surface area contributed by atoms with Crippen LogP contribution in [0.25, 0.3) is 0 Å². The van der Waals surface area contributed by atoms with Gasteiger partial charge in [-0.05, 0) is 0 Å². The van der Waals surface area contributed by atoms with Crippen molar-refractivity contribution in [1.82, 2.24) is 10.2 Å². The number of ether oxygens (including phenoxy) is 1. The molecule has 3 atom stereocenters. The van der Waals surface area contributed by atoms with Crippen LogP contribution in [-0.4, -0.2) is 58.9 Å². The second-order valence-corrected chi connectivity index (χ2v) is 4.09. The summed E-state index contributed by atoms with van der Waals surface area (Å²) in [5, 5.41) is 21.7. The van der Waals surface area contributed by atoms with Gasteiger partial charge in [0.2, 0.25) is 5.91 Å². The van der Waals surface area contributed by atoms with Crippen LogP contribution in [0.5, 0.6) is 0 Å². The molecular weight excluding hydrogens is 228 g/mol. The molecule has 17 heavy (non-hydrogen) atoms. The van der Waals surface area contributed by atoms with Crippen molar-refractivity contribution in [2.45, 2.75) is 25.2 Å². The zero-order valence-corrected chi connectivity index (χ0v) is 9.51. The van der Waals surface area contributed by atoms with Crippen molar-refractivity contribution in [3.63, 3.8) is 0 Å². The number of fused-ring (bicyclic) bond motifs is 1. The van der Waals surface area contributed by atoms with Gasteiger partial charge in [-0.15, -0.1) is 0 Å². The van der Waals surface area contributed by atoms with Gasteiger partial charge < -0.3 is 25.2 Å². The largest absolute Gasteiger partial charge is 0.464 e. The van der Waals surface area contributed by atoms with Crippen LogP contribution in [0.4, 0.5) is 0 Å². The minimum atomic E-state index is -1.17. The molecule has 3 N–H and O–H groups in total. The second kappa shape index (κ2) is 4.01. The number of esters is 1. The number of rotatable bonds is 2. The van der Waals surface area contributed by atoms with Crippen LogP contribution in [-0.2, 0) is 14.3 Å². The lowest BCUT2D eigenvalue weighted by atomic mass is 10.1. The van der Waals surface area contributed by atoms with Crippen LogP contribution in [0.3, 0.4) is 0 Å². The first-order valence-electron chi connectivity index (χ1n) is 5.20. The molecule has 0 aromatic heterocycles. The van der Waals surface area contributed by atoms with E-state index in [0.29, 0.717) is 6.54 Å². The van der Waals surface area contributed by atoms with Gasteiger partial charge in [0, 0.05) is 13.5 Å². The molecule has 0 spiro atoms. The molecule has 2 rings (SSSR count). The monoisotopic (exact) mass is 242 g/mol. The van der Waals surface area contributed by atoms with Crippen molar-refractivity contribution in [3.8, 4) is 0 Å². The predicted octanol–water partition coefficient (Wildman–Crippen LogP) is -2.07. The van der Waals surface area contributed by atoms with Crippen LogP contribution in [0.1, 0.15) is 6.92 Å². The molecule has 2 saturated heterocycles. The van der Waals surface area contributed by atoms with Gasteiger partial charge in [0.1, 0.15) is 17.9 Å². The van der Waals surface area contributed by atoms with E-state index in [-0.39, 0.29) is 17.4 Å². The van der Waals surface area contributed by atoms with Gasteiger partial charge >= 0.3 is 5.97 Å². The molecule has 2 aliphatic rings. The average molecular weight is 242 g/mol. The quantitative estimate of drug-likeness (QED) is 0.292. The van der Waals surface area contributed by atoms with Gasteiger partial charge in [-0.25, -0.2) is 4.79 Å². The van der Waals surface area contributed by atoms with Crippen molar-refractivity contribution < 1.29 is 24.5 Å². The summed E-state index contributed by atoms with van der Waals surface area (Å²) in [5.74, 6) is -1.18. The van der Waals surface area contributed by atoms with E-state index in [1.807, 2.05) is 0 Å². The van der Waals surface area contributed by atoms with Crippen molar-refractivity contribution in [3.05, 3.63) is 11.4 Å². The van der Waals surface area contributed by atoms with Crippen molar-refractivity contribution >= 4 is 11.9 Å². The number of nitrogens with zero attached hydrogens (tertiary/aromatic N) is 1. The second-order valence-electron chi connectivity index (χ2n) is 4.09. The Labute approximate surface area is 97.7 Å². The Balaban J connectivity index is 2.36. The van der Waals surface area contributed by atoms with Gasteiger partial charge in [0.15, 0.2) is 0 Å². The lowest BCUT2D eigenvalue weighted by molar-refractivity contribution is -0.138. The maximum Gasteiger partial charge on any atom is 0.356 e.